The van der Waals surface area contributed by atoms with Crippen LogP contribution in [0.1, 0.15) is 11.1 Å². The minimum atomic E-state index is 0.602. The first-order chi connectivity index (χ1) is 11.2. The summed E-state index contributed by atoms with van der Waals surface area (Å²) in [6.45, 7) is 1.32. The molecule has 0 radical (unpaired) electrons. The van der Waals surface area contributed by atoms with Crippen LogP contribution >= 0.6 is 0 Å². The molecule has 0 unspecified atom stereocenters. The third kappa shape index (κ3) is 5.18. The lowest BCUT2D eigenvalue weighted by molar-refractivity contribution is 0.397. The van der Waals surface area contributed by atoms with Gasteiger partial charge >= 0.3 is 0 Å². The first kappa shape index (κ1) is 16.6. The molecule has 2 N–H and O–H groups in total. The molecule has 1 heterocycles. The highest BCUT2D eigenvalue weighted by Gasteiger charge is 2.01. The molecule has 6 heteroatoms. The van der Waals surface area contributed by atoms with Crippen molar-refractivity contribution in [1.29, 1.82) is 0 Å². The van der Waals surface area contributed by atoms with Crippen LogP contribution in [0.25, 0.3) is 0 Å². The van der Waals surface area contributed by atoms with Crippen molar-refractivity contribution in [3.05, 3.63) is 53.7 Å². The first-order valence-electron chi connectivity index (χ1n) is 7.31. The van der Waals surface area contributed by atoms with E-state index in [0.717, 1.165) is 22.8 Å². The van der Waals surface area contributed by atoms with Gasteiger partial charge in [-0.05, 0) is 29.3 Å². The Balaban J connectivity index is 1.85. The minimum Gasteiger partial charge on any atom is -0.497 e. The van der Waals surface area contributed by atoms with Gasteiger partial charge in [0.25, 0.3) is 0 Å². The van der Waals surface area contributed by atoms with Gasteiger partial charge in [0.15, 0.2) is 5.96 Å². The Labute approximate surface area is 136 Å². The van der Waals surface area contributed by atoms with Crippen molar-refractivity contribution in [2.75, 3.05) is 21.3 Å². The number of hydrogen-bond donors (Lipinski definition) is 2. The van der Waals surface area contributed by atoms with Crippen molar-refractivity contribution < 1.29 is 9.47 Å². The van der Waals surface area contributed by atoms with E-state index < -0.39 is 0 Å². The van der Waals surface area contributed by atoms with E-state index in [0.29, 0.717) is 19.0 Å². The Morgan fingerprint density at radius 2 is 1.70 bits per heavy atom. The van der Waals surface area contributed by atoms with Gasteiger partial charge in [-0.3, -0.25) is 4.99 Å². The number of aromatic nitrogens is 1. The first-order valence-corrected chi connectivity index (χ1v) is 7.31. The normalized spacial score (nSPS) is 11.0. The number of nitrogens with zero attached hydrogens (tertiary/aromatic N) is 2. The second-order valence-corrected chi connectivity index (χ2v) is 4.83. The summed E-state index contributed by atoms with van der Waals surface area (Å²) >= 11 is 0. The van der Waals surface area contributed by atoms with E-state index in [1.54, 1.807) is 27.5 Å². The van der Waals surface area contributed by atoms with E-state index in [4.69, 9.17) is 9.47 Å². The molecule has 1 aromatic carbocycles. The summed E-state index contributed by atoms with van der Waals surface area (Å²) in [4.78, 5) is 8.31. The Morgan fingerprint density at radius 3 is 2.30 bits per heavy atom. The highest BCUT2D eigenvalue weighted by Crippen LogP contribution is 2.11. The topological polar surface area (TPSA) is 67.8 Å². The number of ether oxygens (including phenoxy) is 2. The van der Waals surface area contributed by atoms with Crippen molar-refractivity contribution in [3.8, 4) is 11.6 Å². The molecule has 2 rings (SSSR count). The molecule has 0 spiro atoms. The van der Waals surface area contributed by atoms with Gasteiger partial charge in [0.05, 0.1) is 14.2 Å². The monoisotopic (exact) mass is 314 g/mol. The summed E-state index contributed by atoms with van der Waals surface area (Å²) in [5.41, 5.74) is 2.23. The van der Waals surface area contributed by atoms with Gasteiger partial charge in [-0.15, -0.1) is 0 Å². The van der Waals surface area contributed by atoms with Crippen LogP contribution in [0, 0.1) is 0 Å². The molecule has 0 aliphatic rings. The molecule has 0 aliphatic heterocycles. The number of pyridine rings is 1. The zero-order valence-electron chi connectivity index (χ0n) is 13.7. The average Bonchev–Trinajstić information content (AvgIpc) is 2.62. The highest BCUT2D eigenvalue weighted by molar-refractivity contribution is 5.79. The largest absolute Gasteiger partial charge is 0.497 e. The summed E-state index contributed by atoms with van der Waals surface area (Å²) in [6, 6.07) is 11.8. The number of guanidine groups is 1. The molecule has 0 saturated carbocycles. The Morgan fingerprint density at radius 1 is 1.00 bits per heavy atom. The van der Waals surface area contributed by atoms with Crippen LogP contribution in [0.3, 0.4) is 0 Å². The lowest BCUT2D eigenvalue weighted by Crippen LogP contribution is -2.36. The SMILES string of the molecule is CN=C(NCc1ccc(OC)cc1)NCc1ccnc(OC)c1. The number of benzene rings is 1. The Bertz CT molecular complexity index is 641. The number of methoxy groups -OCH3 is 2. The molecule has 2 aromatic rings. The van der Waals surface area contributed by atoms with Gasteiger partial charge in [-0.2, -0.15) is 0 Å². The second kappa shape index (κ2) is 8.63. The molecule has 0 bridgehead atoms. The van der Waals surface area contributed by atoms with Gasteiger partial charge in [0.1, 0.15) is 5.75 Å². The smallest absolute Gasteiger partial charge is 0.213 e. The molecule has 6 nitrogen and oxygen atoms in total. The molecular formula is C17H22N4O2. The van der Waals surface area contributed by atoms with Crippen molar-refractivity contribution in [3.63, 3.8) is 0 Å². The summed E-state index contributed by atoms with van der Waals surface area (Å²) in [7, 11) is 5.01. The highest BCUT2D eigenvalue weighted by atomic mass is 16.5. The van der Waals surface area contributed by atoms with Crippen molar-refractivity contribution in [2.24, 2.45) is 4.99 Å². The zero-order valence-corrected chi connectivity index (χ0v) is 13.7. The standard InChI is InChI=1S/C17H22N4O2/c1-18-17(20-11-13-4-6-15(22-2)7-5-13)21-12-14-8-9-19-16(10-14)23-3/h4-10H,11-12H2,1-3H3,(H2,18,20,21). The van der Waals surface area contributed by atoms with Crippen LogP contribution < -0.4 is 20.1 Å². The molecule has 0 fully saturated rings. The summed E-state index contributed by atoms with van der Waals surface area (Å²) < 4.78 is 10.3. The minimum absolute atomic E-state index is 0.602. The number of nitrogens with one attached hydrogen (secondary N) is 2. The molecule has 23 heavy (non-hydrogen) atoms. The van der Waals surface area contributed by atoms with E-state index in [1.807, 2.05) is 36.4 Å². The van der Waals surface area contributed by atoms with E-state index in [-0.39, 0.29) is 0 Å². The van der Waals surface area contributed by atoms with Crippen LogP contribution in [-0.4, -0.2) is 32.2 Å². The molecule has 1 aromatic heterocycles. The van der Waals surface area contributed by atoms with Gasteiger partial charge in [0, 0.05) is 32.4 Å². The Hall–Kier alpha value is -2.76. The van der Waals surface area contributed by atoms with E-state index >= 15 is 0 Å². The Kier molecular flexibility index (Phi) is 6.23. The maximum absolute atomic E-state index is 5.15. The maximum Gasteiger partial charge on any atom is 0.213 e. The lowest BCUT2D eigenvalue weighted by Gasteiger charge is -2.12. The van der Waals surface area contributed by atoms with Crippen LogP contribution in [0.4, 0.5) is 0 Å². The average molecular weight is 314 g/mol. The third-order valence-corrected chi connectivity index (χ3v) is 3.31. The van der Waals surface area contributed by atoms with Crippen LogP contribution in [0.2, 0.25) is 0 Å². The van der Waals surface area contributed by atoms with Crippen molar-refractivity contribution in [2.45, 2.75) is 13.1 Å². The fraction of sp³-hybridized carbons (Fsp3) is 0.294. The molecule has 0 aliphatic carbocycles. The van der Waals surface area contributed by atoms with Gasteiger partial charge in [-0.1, -0.05) is 12.1 Å². The predicted molar refractivity (Wildman–Crippen MR) is 90.8 cm³/mol. The van der Waals surface area contributed by atoms with Gasteiger partial charge < -0.3 is 20.1 Å². The van der Waals surface area contributed by atoms with Crippen LogP contribution in [-0.2, 0) is 13.1 Å². The maximum atomic E-state index is 5.15. The third-order valence-electron chi connectivity index (χ3n) is 3.31. The lowest BCUT2D eigenvalue weighted by atomic mass is 10.2. The zero-order chi connectivity index (χ0) is 16.5. The quantitative estimate of drug-likeness (QED) is 0.630. The van der Waals surface area contributed by atoms with Crippen LogP contribution in [0.5, 0.6) is 11.6 Å². The molecule has 122 valence electrons. The molecule has 0 atom stereocenters. The fourth-order valence-corrected chi connectivity index (χ4v) is 2.01. The fourth-order valence-electron chi connectivity index (χ4n) is 2.01. The number of aliphatic imine (C=N–C) groups is 1. The number of rotatable bonds is 6. The van der Waals surface area contributed by atoms with Crippen molar-refractivity contribution in [1.82, 2.24) is 15.6 Å². The predicted octanol–water partition coefficient (Wildman–Crippen LogP) is 1.96. The van der Waals surface area contributed by atoms with Gasteiger partial charge in [0.2, 0.25) is 5.88 Å². The van der Waals surface area contributed by atoms with E-state index in [1.165, 1.54) is 0 Å². The number of hydrogen-bond acceptors (Lipinski definition) is 4. The summed E-state index contributed by atoms with van der Waals surface area (Å²) in [5.74, 6) is 2.19. The van der Waals surface area contributed by atoms with Gasteiger partial charge in [-0.25, -0.2) is 4.98 Å². The van der Waals surface area contributed by atoms with E-state index in [9.17, 15) is 0 Å². The van der Waals surface area contributed by atoms with E-state index in [2.05, 4.69) is 20.6 Å². The molecule has 0 saturated heterocycles. The second-order valence-electron chi connectivity index (χ2n) is 4.83. The summed E-state index contributed by atoms with van der Waals surface area (Å²) in [6.07, 6.45) is 1.73. The van der Waals surface area contributed by atoms with Crippen molar-refractivity contribution >= 4 is 5.96 Å². The molecule has 0 amide bonds. The van der Waals surface area contributed by atoms with Crippen LogP contribution in [0.15, 0.2) is 47.6 Å². The summed E-state index contributed by atoms with van der Waals surface area (Å²) in [5, 5.41) is 6.53. The molecular weight excluding hydrogens is 292 g/mol.